The van der Waals surface area contributed by atoms with Crippen LogP contribution in [0.2, 0.25) is 0 Å². The number of phenols is 1. The Morgan fingerprint density at radius 3 is 2.37 bits per heavy atom. The summed E-state index contributed by atoms with van der Waals surface area (Å²) in [6, 6.07) is 16.2. The van der Waals surface area contributed by atoms with Crippen LogP contribution < -0.4 is 25.0 Å². The highest BCUT2D eigenvalue weighted by Gasteiger charge is 2.44. The molecule has 4 aliphatic heterocycles. The minimum absolute atomic E-state index is 0.0185. The van der Waals surface area contributed by atoms with E-state index in [9.17, 15) is 28.6 Å². The highest BCUT2D eigenvalue weighted by Crippen LogP contribution is 2.40. The number of rotatable bonds is 15. The van der Waals surface area contributed by atoms with Gasteiger partial charge in [0.1, 0.15) is 64.9 Å². The van der Waals surface area contributed by atoms with E-state index in [0.717, 1.165) is 12.8 Å². The van der Waals surface area contributed by atoms with Crippen LogP contribution in [0.4, 0.5) is 23.4 Å². The number of nitrogens with one attached hydrogen (secondary N) is 2. The van der Waals surface area contributed by atoms with Gasteiger partial charge in [0.25, 0.3) is 5.88 Å². The summed E-state index contributed by atoms with van der Waals surface area (Å²) in [6.45, 7) is 8.72. The van der Waals surface area contributed by atoms with E-state index in [0.29, 0.717) is 73.3 Å². The summed E-state index contributed by atoms with van der Waals surface area (Å²) < 4.78 is 79.2. The fourth-order valence-electron chi connectivity index (χ4n) is 11.7. The van der Waals surface area contributed by atoms with E-state index in [1.54, 1.807) is 37.3 Å². The molecule has 20 heteroatoms. The number of aromatic nitrogens is 4. The first-order chi connectivity index (χ1) is 38.1. The summed E-state index contributed by atoms with van der Waals surface area (Å²) in [5.74, 6) is -1.64. The number of carbonyl (C=O) groups excluding carboxylic acids is 2. The summed E-state index contributed by atoms with van der Waals surface area (Å²) >= 11 is 0. The smallest absolute Gasteiger partial charge is 0.319 e. The first kappa shape index (κ1) is 53.2. The molecule has 7 heterocycles. The number of amides is 2. The normalized spacial score (nSPS) is 20.5. The number of ether oxygens (including phenoxy) is 2. The minimum Gasteiger partial charge on any atom is -0.508 e. The third-order valence-electron chi connectivity index (χ3n) is 15.7. The Morgan fingerprint density at radius 2 is 1.66 bits per heavy atom. The molecule has 11 rings (SSSR count). The SMILES string of the molecule is C#Cc1c(F)ccc2cc(O)cc(-c3ncc4c(N5CC6CCC(C5)N6)nc(OCCN5CCC(Oc6cc([C@H](C(=O)N7C[C@H](O)C[C@H]7C(=O)N[C@@H](C)c7ccc(-c8c(F)cccc8F)cc7)C(C)C)on6)CC5)nc4c3F)c12. The fraction of sp³-hybridized carbons (Fsp3) is 0.390. The van der Waals surface area contributed by atoms with Gasteiger partial charge in [-0.1, -0.05) is 56.2 Å². The van der Waals surface area contributed by atoms with E-state index in [1.807, 2.05) is 13.8 Å². The van der Waals surface area contributed by atoms with Gasteiger partial charge in [0, 0.05) is 81.0 Å². The van der Waals surface area contributed by atoms with Gasteiger partial charge in [-0.3, -0.25) is 19.5 Å². The Labute approximate surface area is 453 Å². The van der Waals surface area contributed by atoms with Crippen molar-refractivity contribution in [2.75, 3.05) is 50.8 Å². The summed E-state index contributed by atoms with van der Waals surface area (Å²) in [6.07, 6.45) is 9.43. The van der Waals surface area contributed by atoms with Crippen LogP contribution in [0.5, 0.6) is 17.6 Å². The van der Waals surface area contributed by atoms with Crippen molar-refractivity contribution in [3.8, 4) is 52.4 Å². The van der Waals surface area contributed by atoms with Crippen molar-refractivity contribution < 1.29 is 51.4 Å². The van der Waals surface area contributed by atoms with E-state index in [2.05, 4.69) is 41.5 Å². The molecule has 410 valence electrons. The van der Waals surface area contributed by atoms with Gasteiger partial charge in [-0.05, 0) is 90.5 Å². The number of piperazine rings is 1. The molecule has 0 spiro atoms. The lowest BCUT2D eigenvalue weighted by Crippen LogP contribution is -2.51. The molecule has 2 unspecified atom stereocenters. The lowest BCUT2D eigenvalue weighted by Gasteiger charge is -2.34. The molecule has 3 aromatic heterocycles. The number of piperidine rings is 1. The number of fused-ring (bicyclic) bond motifs is 4. The van der Waals surface area contributed by atoms with Gasteiger partial charge >= 0.3 is 6.01 Å². The van der Waals surface area contributed by atoms with Crippen molar-refractivity contribution in [1.82, 2.24) is 40.5 Å². The van der Waals surface area contributed by atoms with Crippen LogP contribution in [0.1, 0.15) is 81.7 Å². The topological polar surface area (TPSA) is 192 Å². The largest absolute Gasteiger partial charge is 0.508 e. The lowest BCUT2D eigenvalue weighted by molar-refractivity contribution is -0.141. The van der Waals surface area contributed by atoms with Crippen molar-refractivity contribution in [1.29, 1.82) is 0 Å². The molecule has 0 aliphatic carbocycles. The van der Waals surface area contributed by atoms with Gasteiger partial charge in [-0.15, -0.1) is 6.42 Å². The van der Waals surface area contributed by atoms with Gasteiger partial charge in [-0.25, -0.2) is 17.6 Å². The third kappa shape index (κ3) is 10.7. The number of aromatic hydroxyl groups is 1. The molecule has 16 nitrogen and oxygen atoms in total. The number of pyridine rings is 1. The predicted octanol–water partition coefficient (Wildman–Crippen LogP) is 8.18. The number of benzene rings is 4. The van der Waals surface area contributed by atoms with E-state index >= 15 is 8.78 Å². The number of likely N-dealkylation sites (tertiary alicyclic amines) is 2. The number of hydrogen-bond donors (Lipinski definition) is 4. The molecule has 0 saturated carbocycles. The van der Waals surface area contributed by atoms with Gasteiger partial charge in [0.05, 0.1) is 28.7 Å². The number of terminal acetylenes is 1. The monoisotopic (exact) mass is 1080 g/mol. The maximum atomic E-state index is 17.1. The average Bonchev–Trinajstić information content (AvgIpc) is 4.23. The fourth-order valence-corrected chi connectivity index (χ4v) is 11.7. The molecule has 79 heavy (non-hydrogen) atoms. The molecule has 0 radical (unpaired) electrons. The molecule has 2 bridgehead atoms. The summed E-state index contributed by atoms with van der Waals surface area (Å²) in [4.78, 5) is 47.8. The van der Waals surface area contributed by atoms with Gasteiger partial charge in [0.15, 0.2) is 11.6 Å². The first-order valence-corrected chi connectivity index (χ1v) is 26.7. The zero-order valence-electron chi connectivity index (χ0n) is 43.8. The Hall–Kier alpha value is -7.86. The van der Waals surface area contributed by atoms with Crippen molar-refractivity contribution in [2.24, 2.45) is 5.92 Å². The lowest BCUT2D eigenvalue weighted by atomic mass is 9.91. The zero-order valence-corrected chi connectivity index (χ0v) is 43.8. The number of aliphatic hydroxyl groups excluding tert-OH is 1. The highest BCUT2D eigenvalue weighted by molar-refractivity contribution is 6.03. The van der Waals surface area contributed by atoms with Crippen LogP contribution in [0.25, 0.3) is 44.1 Å². The van der Waals surface area contributed by atoms with Crippen LogP contribution in [0.3, 0.4) is 0 Å². The number of carbonyl (C=O) groups is 2. The predicted molar refractivity (Wildman–Crippen MR) is 286 cm³/mol. The van der Waals surface area contributed by atoms with E-state index in [1.165, 1.54) is 53.6 Å². The highest BCUT2D eigenvalue weighted by atomic mass is 19.1. The molecule has 2 amide bonds. The van der Waals surface area contributed by atoms with E-state index in [4.69, 9.17) is 25.4 Å². The molecule has 4 fully saturated rings. The molecule has 4 saturated heterocycles. The number of halogens is 4. The molecule has 4 aliphatic rings. The zero-order chi connectivity index (χ0) is 55.2. The van der Waals surface area contributed by atoms with Crippen molar-refractivity contribution in [3.63, 3.8) is 0 Å². The maximum Gasteiger partial charge on any atom is 0.319 e. The second-order valence-electron chi connectivity index (χ2n) is 21.4. The number of nitrogens with zero attached hydrogens (tertiary/aromatic N) is 7. The molecule has 7 aromatic rings. The quantitative estimate of drug-likeness (QED) is 0.0568. The van der Waals surface area contributed by atoms with Crippen LogP contribution in [0.15, 0.2) is 83.5 Å². The Kier molecular flexibility index (Phi) is 14.9. The molecule has 6 atom stereocenters. The third-order valence-corrected chi connectivity index (χ3v) is 15.7. The van der Waals surface area contributed by atoms with E-state index < -0.39 is 59.2 Å². The second-order valence-corrected chi connectivity index (χ2v) is 21.4. The van der Waals surface area contributed by atoms with Crippen LogP contribution in [-0.2, 0) is 9.59 Å². The molecular weight excluding hydrogens is 1020 g/mol. The number of anilines is 1. The first-order valence-electron chi connectivity index (χ1n) is 26.7. The molecule has 4 aromatic carbocycles. The number of hydrogen-bond acceptors (Lipinski definition) is 14. The van der Waals surface area contributed by atoms with Crippen molar-refractivity contribution in [2.45, 2.75) is 95.2 Å². The standard InChI is InChI=1S/C59H59F4N9O7/c1-5-41-44(60)16-13-35-23-38(73)24-42(51(35)41)54-53(63)55-43(27-64-54)56(71-28-36-14-15-37(29-71)66-36)68-59(67-55)77-22-21-70-19-17-40(18-20-70)78-49-26-48(79-69-49)50(31(2)3)58(76)72-30-39(74)25-47(72)57(75)65-32(4)33-9-11-34(12-10-33)52-45(61)7-6-8-46(52)62/h1,6-13,16,23-24,26-27,31-32,36-37,39-40,47,50,66,73-74H,14-15,17-22,25,28-30H2,2-4H3,(H,65,75)/t32-,36?,37?,39+,47-,50+/m0/s1. The van der Waals surface area contributed by atoms with E-state index in [-0.39, 0.29) is 100 Å². The summed E-state index contributed by atoms with van der Waals surface area (Å²) in [5, 5.41) is 33.2. The van der Waals surface area contributed by atoms with Gasteiger partial charge in [0.2, 0.25) is 11.8 Å². The summed E-state index contributed by atoms with van der Waals surface area (Å²) in [5.41, 5.74) is 0.710. The average molecular weight is 1080 g/mol. The minimum atomic E-state index is -0.970. The number of β-amino-alcohol motifs (C(OH)–C–C–N with tert-alkyl or cyclic N) is 1. The van der Waals surface area contributed by atoms with Crippen LogP contribution in [-0.4, -0.2) is 128 Å². The Balaban J connectivity index is 0.722. The second kappa shape index (κ2) is 22.1. The number of aliphatic hydroxyl groups is 1. The van der Waals surface area contributed by atoms with Crippen LogP contribution in [0, 0.1) is 41.5 Å². The van der Waals surface area contributed by atoms with Gasteiger partial charge in [-0.2, -0.15) is 9.97 Å². The summed E-state index contributed by atoms with van der Waals surface area (Å²) in [7, 11) is 0. The van der Waals surface area contributed by atoms with Gasteiger partial charge < -0.3 is 44.6 Å². The Bertz CT molecular complexity index is 3460. The Morgan fingerprint density at radius 1 is 0.924 bits per heavy atom. The van der Waals surface area contributed by atoms with Crippen molar-refractivity contribution >= 4 is 39.3 Å². The molecular formula is C59H59F4N9O7. The van der Waals surface area contributed by atoms with Crippen LogP contribution >= 0.6 is 0 Å². The molecule has 4 N–H and O–H groups in total. The number of phenolic OH excluding ortho intramolecular Hbond substituents is 1. The van der Waals surface area contributed by atoms with Crippen molar-refractivity contribution in [3.05, 3.63) is 119 Å². The maximum absolute atomic E-state index is 17.1.